The van der Waals surface area contributed by atoms with Crippen LogP contribution in [0.15, 0.2) is 47.0 Å². The van der Waals surface area contributed by atoms with Gasteiger partial charge in [0.25, 0.3) is 17.7 Å². The summed E-state index contributed by atoms with van der Waals surface area (Å²) in [7, 11) is 1.56. The lowest BCUT2D eigenvalue weighted by atomic mass is 9.99. The van der Waals surface area contributed by atoms with Crippen LogP contribution < -0.4 is 0 Å². The van der Waals surface area contributed by atoms with Crippen molar-refractivity contribution in [2.45, 2.75) is 19.4 Å². The van der Waals surface area contributed by atoms with Gasteiger partial charge in [-0.15, -0.1) is 0 Å². The van der Waals surface area contributed by atoms with Crippen LogP contribution in [0.4, 0.5) is 4.39 Å². The topological polar surface area (TPSA) is 92.9 Å². The first kappa shape index (κ1) is 22.0. The van der Waals surface area contributed by atoms with Crippen LogP contribution in [0.25, 0.3) is 11.3 Å². The molecule has 8 nitrogen and oxygen atoms in total. The zero-order valence-corrected chi connectivity index (χ0v) is 18.5. The Kier molecular flexibility index (Phi) is 5.70. The maximum Gasteiger partial charge on any atom is 0.261 e. The molecular formula is C25H22FN3O5. The van der Waals surface area contributed by atoms with E-state index in [-0.39, 0.29) is 36.3 Å². The van der Waals surface area contributed by atoms with E-state index in [1.807, 2.05) is 0 Å². The minimum Gasteiger partial charge on any atom is -0.385 e. The monoisotopic (exact) mass is 463 g/mol. The first-order chi connectivity index (χ1) is 16.5. The minimum absolute atomic E-state index is 0.242. The Morgan fingerprint density at radius 1 is 1.12 bits per heavy atom. The van der Waals surface area contributed by atoms with Crippen LogP contribution in [-0.4, -0.2) is 59.5 Å². The van der Waals surface area contributed by atoms with Gasteiger partial charge in [0.15, 0.2) is 5.76 Å². The highest BCUT2D eigenvalue weighted by Crippen LogP contribution is 2.31. The van der Waals surface area contributed by atoms with Gasteiger partial charge in [0.2, 0.25) is 0 Å². The summed E-state index contributed by atoms with van der Waals surface area (Å²) in [5, 5.41) is 4.13. The molecule has 0 saturated heterocycles. The highest BCUT2D eigenvalue weighted by atomic mass is 19.1. The van der Waals surface area contributed by atoms with Gasteiger partial charge in [-0.3, -0.25) is 19.3 Å². The molecule has 2 aromatic carbocycles. The minimum atomic E-state index is -0.396. The third-order valence-corrected chi connectivity index (χ3v) is 6.18. The fourth-order valence-corrected chi connectivity index (χ4v) is 4.41. The van der Waals surface area contributed by atoms with Crippen LogP contribution in [-0.2, 0) is 17.7 Å². The lowest BCUT2D eigenvalue weighted by molar-refractivity contribution is 0.0638. The second-order valence-corrected chi connectivity index (χ2v) is 8.29. The molecule has 0 unspecified atom stereocenters. The highest BCUT2D eigenvalue weighted by molar-refractivity contribution is 6.22. The number of halogens is 1. The number of nitrogens with zero attached hydrogens (tertiary/aromatic N) is 3. The number of rotatable bonds is 6. The maximum atomic E-state index is 13.3. The Morgan fingerprint density at radius 3 is 2.65 bits per heavy atom. The standard InChI is InChI=1S/C25H22FN3O5/c1-33-12-2-10-29-24(31)18-8-5-16(13-20(18)25(29)32)23(30)28-11-9-19-21(14-28)27-34-22(19)15-3-6-17(26)7-4-15/h3-8,13H,2,9-12,14H2,1H3. The predicted molar refractivity (Wildman–Crippen MR) is 119 cm³/mol. The number of benzene rings is 2. The summed E-state index contributed by atoms with van der Waals surface area (Å²) in [4.78, 5) is 41.4. The number of amides is 3. The Hall–Kier alpha value is -3.85. The molecule has 3 amide bonds. The van der Waals surface area contributed by atoms with Gasteiger partial charge in [0.05, 0.1) is 17.7 Å². The molecule has 3 heterocycles. The number of fused-ring (bicyclic) bond motifs is 2. The maximum absolute atomic E-state index is 13.3. The molecule has 0 saturated carbocycles. The van der Waals surface area contributed by atoms with Crippen molar-refractivity contribution in [2.75, 3.05) is 26.8 Å². The number of aromatic nitrogens is 1. The van der Waals surface area contributed by atoms with Gasteiger partial charge in [-0.1, -0.05) is 5.16 Å². The van der Waals surface area contributed by atoms with Crippen LogP contribution in [0.3, 0.4) is 0 Å². The van der Waals surface area contributed by atoms with Crippen LogP contribution in [0.2, 0.25) is 0 Å². The van der Waals surface area contributed by atoms with E-state index in [1.165, 1.54) is 29.2 Å². The molecule has 0 atom stereocenters. The lowest BCUT2D eigenvalue weighted by Crippen LogP contribution is -2.36. The summed E-state index contributed by atoms with van der Waals surface area (Å²) < 4.78 is 23.8. The summed E-state index contributed by atoms with van der Waals surface area (Å²) in [5.74, 6) is -0.752. The Morgan fingerprint density at radius 2 is 1.88 bits per heavy atom. The number of methoxy groups -OCH3 is 1. The molecule has 0 radical (unpaired) electrons. The molecule has 3 aromatic rings. The molecule has 5 rings (SSSR count). The molecule has 2 aliphatic rings. The predicted octanol–water partition coefficient (Wildman–Crippen LogP) is 3.31. The third-order valence-electron chi connectivity index (χ3n) is 6.18. The summed E-state index contributed by atoms with van der Waals surface area (Å²) in [6, 6.07) is 10.6. The van der Waals surface area contributed by atoms with Gasteiger partial charge in [-0.25, -0.2) is 4.39 Å². The van der Waals surface area contributed by atoms with Crippen molar-refractivity contribution in [3.8, 4) is 11.3 Å². The Bertz CT molecular complexity index is 1280. The Balaban J connectivity index is 1.33. The zero-order valence-electron chi connectivity index (χ0n) is 18.5. The smallest absolute Gasteiger partial charge is 0.261 e. The zero-order chi connectivity index (χ0) is 23.8. The fourth-order valence-electron chi connectivity index (χ4n) is 4.41. The lowest BCUT2D eigenvalue weighted by Gasteiger charge is -2.26. The second-order valence-electron chi connectivity index (χ2n) is 8.29. The summed E-state index contributed by atoms with van der Waals surface area (Å²) in [6.07, 6.45) is 1.08. The number of ether oxygens (including phenoxy) is 1. The first-order valence-electron chi connectivity index (χ1n) is 11.0. The van der Waals surface area contributed by atoms with Crippen molar-refractivity contribution in [3.63, 3.8) is 0 Å². The number of carbonyl (C=O) groups excluding carboxylic acids is 3. The van der Waals surface area contributed by atoms with E-state index in [0.29, 0.717) is 48.6 Å². The van der Waals surface area contributed by atoms with E-state index >= 15 is 0 Å². The SMILES string of the molecule is COCCCN1C(=O)c2ccc(C(=O)N3CCc4c(noc4-c4ccc(F)cc4)C3)cc2C1=O. The van der Waals surface area contributed by atoms with E-state index in [1.54, 1.807) is 30.2 Å². The van der Waals surface area contributed by atoms with Crippen LogP contribution in [0.1, 0.15) is 48.8 Å². The van der Waals surface area contributed by atoms with Gasteiger partial charge >= 0.3 is 0 Å². The van der Waals surface area contributed by atoms with Gasteiger partial charge in [-0.05, 0) is 55.3 Å². The Labute approximate surface area is 194 Å². The van der Waals surface area contributed by atoms with Crippen molar-refractivity contribution in [1.29, 1.82) is 0 Å². The van der Waals surface area contributed by atoms with Crippen molar-refractivity contribution < 1.29 is 28.0 Å². The molecule has 174 valence electrons. The molecule has 0 aliphatic carbocycles. The molecule has 2 aliphatic heterocycles. The van der Waals surface area contributed by atoms with E-state index in [9.17, 15) is 18.8 Å². The van der Waals surface area contributed by atoms with E-state index in [4.69, 9.17) is 9.26 Å². The van der Waals surface area contributed by atoms with Crippen molar-refractivity contribution in [2.24, 2.45) is 0 Å². The van der Waals surface area contributed by atoms with Crippen LogP contribution in [0, 0.1) is 5.82 Å². The quantitative estimate of drug-likeness (QED) is 0.411. The average molecular weight is 463 g/mol. The molecule has 9 heteroatoms. The normalized spacial score (nSPS) is 15.0. The number of hydrogen-bond acceptors (Lipinski definition) is 6. The molecule has 0 bridgehead atoms. The van der Waals surface area contributed by atoms with Gasteiger partial charge in [0, 0.05) is 43.5 Å². The fraction of sp³-hybridized carbons (Fsp3) is 0.280. The van der Waals surface area contributed by atoms with E-state index < -0.39 is 5.91 Å². The summed E-state index contributed by atoms with van der Waals surface area (Å²) in [6.45, 7) is 1.40. The largest absolute Gasteiger partial charge is 0.385 e. The molecular weight excluding hydrogens is 441 g/mol. The van der Waals surface area contributed by atoms with E-state index in [2.05, 4.69) is 5.16 Å². The molecule has 34 heavy (non-hydrogen) atoms. The van der Waals surface area contributed by atoms with Crippen LogP contribution in [0.5, 0.6) is 0 Å². The molecule has 0 spiro atoms. The molecule has 0 N–H and O–H groups in total. The van der Waals surface area contributed by atoms with Crippen molar-refractivity contribution in [3.05, 3.63) is 76.2 Å². The van der Waals surface area contributed by atoms with Gasteiger partial charge in [0.1, 0.15) is 11.5 Å². The molecule has 1 aromatic heterocycles. The average Bonchev–Trinajstić information content (AvgIpc) is 3.38. The van der Waals surface area contributed by atoms with Crippen molar-refractivity contribution >= 4 is 17.7 Å². The summed E-state index contributed by atoms with van der Waals surface area (Å²) in [5.41, 5.74) is 3.16. The number of hydrogen-bond donors (Lipinski definition) is 0. The third kappa shape index (κ3) is 3.77. The van der Waals surface area contributed by atoms with Crippen molar-refractivity contribution in [1.82, 2.24) is 15.0 Å². The summed E-state index contributed by atoms with van der Waals surface area (Å²) >= 11 is 0. The van der Waals surface area contributed by atoms with Crippen LogP contribution >= 0.6 is 0 Å². The van der Waals surface area contributed by atoms with Gasteiger partial charge in [-0.2, -0.15) is 0 Å². The first-order valence-corrected chi connectivity index (χ1v) is 11.0. The molecule has 0 fully saturated rings. The highest BCUT2D eigenvalue weighted by Gasteiger charge is 2.36. The number of carbonyl (C=O) groups is 3. The van der Waals surface area contributed by atoms with E-state index in [0.717, 1.165) is 11.1 Å². The van der Waals surface area contributed by atoms with Gasteiger partial charge < -0.3 is 14.2 Å². The number of imide groups is 1. The second kappa shape index (κ2) is 8.83.